The lowest BCUT2D eigenvalue weighted by Gasteiger charge is -2.43. The van der Waals surface area contributed by atoms with Crippen LogP contribution in [0.3, 0.4) is 0 Å². The maximum absolute atomic E-state index is 6.66. The van der Waals surface area contributed by atoms with Gasteiger partial charge in [0.25, 0.3) is 0 Å². The number of benzene rings is 1. The Balaban J connectivity index is 1.45. The highest BCUT2D eigenvalue weighted by Crippen LogP contribution is 2.52. The van der Waals surface area contributed by atoms with Gasteiger partial charge in [-0.05, 0) is 101 Å². The number of rotatable bonds is 7. The van der Waals surface area contributed by atoms with E-state index >= 15 is 0 Å². The average molecular weight is 487 g/mol. The van der Waals surface area contributed by atoms with Gasteiger partial charge in [0.1, 0.15) is 0 Å². The molecule has 35 heavy (non-hydrogen) atoms. The molecular weight excluding hydrogens is 448 g/mol. The molecule has 0 N–H and O–H groups in total. The minimum absolute atomic E-state index is 0.0708. The first-order valence-corrected chi connectivity index (χ1v) is 13.8. The Morgan fingerprint density at radius 1 is 1.17 bits per heavy atom. The summed E-state index contributed by atoms with van der Waals surface area (Å²) in [6, 6.07) is 17.9. The van der Waals surface area contributed by atoms with Crippen LogP contribution in [0.1, 0.15) is 71.9 Å². The summed E-state index contributed by atoms with van der Waals surface area (Å²) in [6.07, 6.45) is 11.0. The summed E-state index contributed by atoms with van der Waals surface area (Å²) in [6.45, 7) is 11.8. The van der Waals surface area contributed by atoms with Crippen molar-refractivity contribution >= 4 is 17.4 Å². The molecule has 0 bridgehead atoms. The predicted octanol–water partition coefficient (Wildman–Crippen LogP) is 7.36. The van der Waals surface area contributed by atoms with E-state index in [0.717, 1.165) is 51.1 Å². The summed E-state index contributed by atoms with van der Waals surface area (Å²) in [5.74, 6) is 0. The molecule has 0 spiro atoms. The van der Waals surface area contributed by atoms with Crippen molar-refractivity contribution in [2.24, 2.45) is 5.41 Å². The van der Waals surface area contributed by atoms with E-state index in [1.54, 1.807) is 0 Å². The fourth-order valence-corrected chi connectivity index (χ4v) is 6.97. The van der Waals surface area contributed by atoms with Gasteiger partial charge in [-0.25, -0.2) is 0 Å². The molecule has 0 saturated carbocycles. The van der Waals surface area contributed by atoms with Gasteiger partial charge in [-0.3, -0.25) is 9.88 Å². The second-order valence-corrected chi connectivity index (χ2v) is 12.0. The number of hydrogen-bond acceptors (Lipinski definition) is 4. The third kappa shape index (κ3) is 4.89. The molecular formula is C31H38N2OS. The maximum Gasteiger partial charge on any atom is 0.0896 e. The number of likely N-dealkylation sites (tertiary alicyclic amines) is 1. The van der Waals surface area contributed by atoms with E-state index in [4.69, 9.17) is 4.74 Å². The number of aryl methyl sites for hydroxylation is 2. The molecule has 0 aliphatic carbocycles. The number of thiophene rings is 1. The molecule has 2 unspecified atom stereocenters. The van der Waals surface area contributed by atoms with Crippen LogP contribution in [0, 0.1) is 12.3 Å². The molecule has 4 heterocycles. The van der Waals surface area contributed by atoms with Gasteiger partial charge in [-0.1, -0.05) is 36.4 Å². The van der Waals surface area contributed by atoms with Gasteiger partial charge < -0.3 is 4.74 Å². The highest BCUT2D eigenvalue weighted by Gasteiger charge is 2.50. The monoisotopic (exact) mass is 486 g/mol. The smallest absolute Gasteiger partial charge is 0.0896 e. The van der Waals surface area contributed by atoms with Crippen molar-refractivity contribution in [1.29, 1.82) is 0 Å². The van der Waals surface area contributed by atoms with E-state index in [9.17, 15) is 0 Å². The Kier molecular flexibility index (Phi) is 6.98. The molecule has 1 fully saturated rings. The van der Waals surface area contributed by atoms with E-state index in [-0.39, 0.29) is 17.1 Å². The Bertz CT molecular complexity index is 1180. The molecule has 1 aromatic carbocycles. The van der Waals surface area contributed by atoms with Crippen LogP contribution in [0.15, 0.2) is 60.8 Å². The number of pyridine rings is 1. The maximum atomic E-state index is 6.66. The van der Waals surface area contributed by atoms with Crippen molar-refractivity contribution in [3.05, 3.63) is 92.9 Å². The Morgan fingerprint density at radius 2 is 2.03 bits per heavy atom. The molecule has 0 radical (unpaired) electrons. The van der Waals surface area contributed by atoms with E-state index in [2.05, 4.69) is 104 Å². The van der Waals surface area contributed by atoms with Crippen LogP contribution < -0.4 is 0 Å². The summed E-state index contributed by atoms with van der Waals surface area (Å²) in [7, 11) is 0. The molecule has 0 amide bonds. The fraction of sp³-hybridized carbons (Fsp3) is 0.452. The van der Waals surface area contributed by atoms with Crippen LogP contribution in [0.25, 0.3) is 6.08 Å². The lowest BCUT2D eigenvalue weighted by Crippen LogP contribution is -2.43. The van der Waals surface area contributed by atoms with Gasteiger partial charge in [0.2, 0.25) is 0 Å². The number of hydrogen-bond donors (Lipinski definition) is 0. The number of nitrogens with zero attached hydrogens (tertiary/aromatic N) is 2. The molecule has 2 atom stereocenters. The zero-order valence-corrected chi connectivity index (χ0v) is 22.4. The first-order valence-electron chi connectivity index (χ1n) is 13.0. The quantitative estimate of drug-likeness (QED) is 0.349. The number of allylic oxidation sites excluding steroid dienone is 1. The third-order valence-corrected chi connectivity index (χ3v) is 9.34. The van der Waals surface area contributed by atoms with Gasteiger partial charge >= 0.3 is 0 Å². The lowest BCUT2D eigenvalue weighted by molar-refractivity contribution is -0.0561. The van der Waals surface area contributed by atoms with E-state index in [1.165, 1.54) is 26.4 Å². The second-order valence-electron chi connectivity index (χ2n) is 10.8. The van der Waals surface area contributed by atoms with E-state index in [0.29, 0.717) is 0 Å². The number of aromatic nitrogens is 1. The van der Waals surface area contributed by atoms with Gasteiger partial charge in [0, 0.05) is 39.1 Å². The molecule has 2 aliphatic rings. The highest BCUT2D eigenvalue weighted by atomic mass is 32.1. The molecule has 2 aromatic heterocycles. The predicted molar refractivity (Wildman–Crippen MR) is 147 cm³/mol. The van der Waals surface area contributed by atoms with Gasteiger partial charge in [-0.2, -0.15) is 0 Å². The zero-order valence-electron chi connectivity index (χ0n) is 21.6. The normalized spacial score (nSPS) is 23.1. The molecule has 3 aromatic rings. The van der Waals surface area contributed by atoms with Crippen LogP contribution >= 0.6 is 11.3 Å². The second kappa shape index (κ2) is 10.0. The van der Waals surface area contributed by atoms with Gasteiger partial charge in [-0.15, -0.1) is 11.3 Å². The summed E-state index contributed by atoms with van der Waals surface area (Å²) in [5.41, 5.74) is 5.26. The minimum atomic E-state index is -0.0708. The average Bonchev–Trinajstić information content (AvgIpc) is 3.51. The third-order valence-electron chi connectivity index (χ3n) is 8.23. The van der Waals surface area contributed by atoms with Gasteiger partial charge in [0.15, 0.2) is 0 Å². The number of ether oxygens (including phenoxy) is 1. The number of fused-ring (bicyclic) bond motifs is 1. The first kappa shape index (κ1) is 24.4. The fourth-order valence-electron chi connectivity index (χ4n) is 5.99. The Labute approximate surface area is 214 Å². The molecule has 2 aliphatic heterocycles. The van der Waals surface area contributed by atoms with Crippen LogP contribution in [0.5, 0.6) is 0 Å². The van der Waals surface area contributed by atoms with Gasteiger partial charge in [0.05, 0.1) is 12.7 Å². The molecule has 184 valence electrons. The summed E-state index contributed by atoms with van der Waals surface area (Å²) in [5, 5.41) is 0. The van der Waals surface area contributed by atoms with Crippen molar-refractivity contribution in [2.45, 2.75) is 65.0 Å². The van der Waals surface area contributed by atoms with Crippen molar-refractivity contribution < 1.29 is 4.74 Å². The Morgan fingerprint density at radius 3 is 2.83 bits per heavy atom. The Hall–Kier alpha value is -2.27. The summed E-state index contributed by atoms with van der Waals surface area (Å²) >= 11 is 1.93. The van der Waals surface area contributed by atoms with E-state index < -0.39 is 0 Å². The van der Waals surface area contributed by atoms with Crippen molar-refractivity contribution in [2.75, 3.05) is 19.7 Å². The summed E-state index contributed by atoms with van der Waals surface area (Å²) < 4.78 is 6.66. The topological polar surface area (TPSA) is 25.4 Å². The summed E-state index contributed by atoms with van der Waals surface area (Å²) in [4.78, 5) is 10.1. The van der Waals surface area contributed by atoms with Crippen LogP contribution in [0.4, 0.5) is 0 Å². The van der Waals surface area contributed by atoms with Crippen LogP contribution in [-0.2, 0) is 23.1 Å². The van der Waals surface area contributed by atoms with E-state index in [1.807, 2.05) is 11.3 Å². The zero-order chi connectivity index (χ0) is 24.5. The highest BCUT2D eigenvalue weighted by molar-refractivity contribution is 7.12. The molecule has 5 rings (SSSR count). The molecule has 3 nitrogen and oxygen atoms in total. The van der Waals surface area contributed by atoms with Crippen molar-refractivity contribution in [3.63, 3.8) is 0 Å². The molecule has 4 heteroatoms. The van der Waals surface area contributed by atoms with Crippen molar-refractivity contribution in [3.8, 4) is 0 Å². The van der Waals surface area contributed by atoms with Crippen LogP contribution in [0.2, 0.25) is 0 Å². The lowest BCUT2D eigenvalue weighted by atomic mass is 9.72. The standard InChI is InChI=1S/C31H38N2OS/c1-5-8-26-13-14-27(35-26)15-17-31(29-28-10-7-6-9-24(28)16-20-34-29)18-19-33(22-31)30(3,4)25-12-11-23(2)32-21-25/h5-14,21,29H,15-20,22H2,1-4H3/b8-5+. The van der Waals surface area contributed by atoms with Crippen molar-refractivity contribution in [1.82, 2.24) is 9.88 Å². The first-order chi connectivity index (χ1) is 16.9. The largest absolute Gasteiger partial charge is 0.373 e. The minimum Gasteiger partial charge on any atom is -0.373 e. The molecule has 1 saturated heterocycles. The SMILES string of the molecule is C/C=C/c1ccc(CCC2(C3OCCc4ccccc43)CCN(C(C)(C)c3ccc(C)nc3)C2)s1. The van der Waals surface area contributed by atoms with Crippen LogP contribution in [-0.4, -0.2) is 29.6 Å².